The number of aryl methyl sites for hydroxylation is 2. The molecule has 2 aromatic carbocycles. The Morgan fingerprint density at radius 1 is 1.00 bits per heavy atom. The van der Waals surface area contributed by atoms with Gasteiger partial charge in [-0.2, -0.15) is 0 Å². The second kappa shape index (κ2) is 7.58. The summed E-state index contributed by atoms with van der Waals surface area (Å²) in [6, 6.07) is 13.9. The van der Waals surface area contributed by atoms with Crippen LogP contribution in [0.25, 0.3) is 11.1 Å². The highest BCUT2D eigenvalue weighted by molar-refractivity contribution is 5.94. The summed E-state index contributed by atoms with van der Waals surface area (Å²) in [4.78, 5) is 22.8. The van der Waals surface area contributed by atoms with Crippen LogP contribution in [0.4, 0.5) is 4.39 Å². The van der Waals surface area contributed by atoms with Crippen molar-refractivity contribution in [2.45, 2.75) is 32.6 Å². The molecule has 28 heavy (non-hydrogen) atoms. The van der Waals surface area contributed by atoms with Crippen LogP contribution in [0.1, 0.15) is 46.3 Å². The van der Waals surface area contributed by atoms with E-state index in [0.29, 0.717) is 11.5 Å². The number of hydrogen-bond acceptors (Lipinski definition) is 2. The summed E-state index contributed by atoms with van der Waals surface area (Å²) in [6.45, 7) is 5.54. The summed E-state index contributed by atoms with van der Waals surface area (Å²) in [5.74, 6) is 1.25. The Kier molecular flexibility index (Phi) is 4.99. The van der Waals surface area contributed by atoms with E-state index in [1.165, 1.54) is 12.1 Å². The van der Waals surface area contributed by atoms with Crippen molar-refractivity contribution < 1.29 is 9.18 Å². The van der Waals surface area contributed by atoms with Crippen LogP contribution in [0.3, 0.4) is 0 Å². The normalized spacial score (nSPS) is 15.0. The molecule has 4 rings (SSSR count). The third-order valence-corrected chi connectivity index (χ3v) is 5.62. The average molecular weight is 377 g/mol. The van der Waals surface area contributed by atoms with Crippen LogP contribution in [0.15, 0.2) is 48.5 Å². The number of H-pyrrole nitrogens is 1. The summed E-state index contributed by atoms with van der Waals surface area (Å²) in [5, 5.41) is 0. The molecule has 0 spiro atoms. The molecule has 0 unspecified atom stereocenters. The molecule has 5 heteroatoms. The third kappa shape index (κ3) is 3.70. The van der Waals surface area contributed by atoms with Gasteiger partial charge in [0.2, 0.25) is 0 Å². The maximum Gasteiger partial charge on any atom is 0.253 e. The van der Waals surface area contributed by atoms with Gasteiger partial charge in [-0.15, -0.1) is 0 Å². The highest BCUT2D eigenvalue weighted by Gasteiger charge is 2.26. The van der Waals surface area contributed by atoms with Gasteiger partial charge in [0.25, 0.3) is 5.91 Å². The molecule has 0 atom stereocenters. The van der Waals surface area contributed by atoms with E-state index in [1.54, 1.807) is 12.1 Å². The number of aromatic nitrogens is 2. The number of nitrogens with one attached hydrogen (secondary N) is 1. The minimum Gasteiger partial charge on any atom is -0.346 e. The molecule has 3 aromatic rings. The number of aromatic amines is 1. The third-order valence-electron chi connectivity index (χ3n) is 5.62. The second-order valence-electron chi connectivity index (χ2n) is 7.48. The molecule has 0 radical (unpaired) electrons. The molecule has 1 aromatic heterocycles. The fraction of sp³-hybridized carbons (Fsp3) is 0.304. The number of amides is 1. The number of piperidine rings is 1. The van der Waals surface area contributed by atoms with Crippen molar-refractivity contribution in [1.82, 2.24) is 14.9 Å². The molecule has 4 nitrogen and oxygen atoms in total. The lowest BCUT2D eigenvalue weighted by molar-refractivity contribution is 0.0711. The summed E-state index contributed by atoms with van der Waals surface area (Å²) in [6.07, 6.45) is 1.84. The molecule has 144 valence electrons. The van der Waals surface area contributed by atoms with Gasteiger partial charge in [-0.05, 0) is 62.1 Å². The van der Waals surface area contributed by atoms with Crippen LogP contribution < -0.4 is 0 Å². The average Bonchev–Trinajstić information content (AvgIpc) is 3.07. The van der Waals surface area contributed by atoms with Gasteiger partial charge in [-0.1, -0.05) is 24.3 Å². The molecule has 0 aliphatic carbocycles. The molecule has 1 aliphatic rings. The van der Waals surface area contributed by atoms with Crippen molar-refractivity contribution in [3.63, 3.8) is 0 Å². The quantitative estimate of drug-likeness (QED) is 0.709. The van der Waals surface area contributed by atoms with Crippen LogP contribution in [-0.4, -0.2) is 33.9 Å². The lowest BCUT2D eigenvalue weighted by Gasteiger charge is -2.31. The molecular weight excluding hydrogens is 353 g/mol. The minimum atomic E-state index is -0.251. The van der Waals surface area contributed by atoms with Crippen LogP contribution >= 0.6 is 0 Å². The van der Waals surface area contributed by atoms with Gasteiger partial charge in [0, 0.05) is 30.3 Å². The smallest absolute Gasteiger partial charge is 0.253 e. The Bertz CT molecular complexity index is 949. The summed E-state index contributed by atoms with van der Waals surface area (Å²) < 4.78 is 13.1. The summed E-state index contributed by atoms with van der Waals surface area (Å²) in [7, 11) is 0. The molecule has 0 bridgehead atoms. The van der Waals surface area contributed by atoms with Crippen LogP contribution in [0.5, 0.6) is 0 Å². The van der Waals surface area contributed by atoms with Crippen LogP contribution in [0, 0.1) is 19.7 Å². The van der Waals surface area contributed by atoms with Gasteiger partial charge in [0.15, 0.2) is 0 Å². The van der Waals surface area contributed by atoms with E-state index < -0.39 is 0 Å². The predicted molar refractivity (Wildman–Crippen MR) is 108 cm³/mol. The van der Waals surface area contributed by atoms with E-state index in [4.69, 9.17) is 0 Å². The number of rotatable bonds is 3. The first-order valence-corrected chi connectivity index (χ1v) is 9.69. The molecule has 0 saturated carbocycles. The lowest BCUT2D eigenvalue weighted by Crippen LogP contribution is -2.38. The van der Waals surface area contributed by atoms with Crippen LogP contribution in [0.2, 0.25) is 0 Å². The second-order valence-corrected chi connectivity index (χ2v) is 7.48. The first-order chi connectivity index (χ1) is 13.5. The highest BCUT2D eigenvalue weighted by Crippen LogP contribution is 2.28. The van der Waals surface area contributed by atoms with E-state index >= 15 is 0 Å². The van der Waals surface area contributed by atoms with E-state index in [9.17, 15) is 9.18 Å². The first-order valence-electron chi connectivity index (χ1n) is 9.69. The molecular formula is C23H24FN3O. The van der Waals surface area contributed by atoms with Crippen LogP contribution in [-0.2, 0) is 0 Å². The Morgan fingerprint density at radius 3 is 2.11 bits per heavy atom. The lowest BCUT2D eigenvalue weighted by atomic mass is 9.95. The largest absolute Gasteiger partial charge is 0.346 e. The van der Waals surface area contributed by atoms with E-state index in [-0.39, 0.29) is 11.7 Å². The zero-order chi connectivity index (χ0) is 19.7. The van der Waals surface area contributed by atoms with E-state index in [2.05, 4.69) is 9.97 Å². The number of carbonyl (C=O) groups is 1. The van der Waals surface area contributed by atoms with Crippen molar-refractivity contribution in [1.29, 1.82) is 0 Å². The number of likely N-dealkylation sites (tertiary alicyclic amines) is 1. The van der Waals surface area contributed by atoms with Gasteiger partial charge >= 0.3 is 0 Å². The zero-order valence-corrected chi connectivity index (χ0v) is 16.2. The molecule has 1 aliphatic heterocycles. The minimum absolute atomic E-state index is 0.0657. The van der Waals surface area contributed by atoms with Crippen molar-refractivity contribution in [3.05, 3.63) is 77.1 Å². The van der Waals surface area contributed by atoms with E-state index in [0.717, 1.165) is 54.3 Å². The molecule has 1 saturated heterocycles. The number of carbonyl (C=O) groups excluding carboxylic acids is 1. The fourth-order valence-electron chi connectivity index (χ4n) is 3.75. The standard InChI is InChI=1S/C23H24FN3O/c1-15-16(2)26-22(25-15)19-11-13-27(14-12-19)23(28)20-5-3-17(4-6-20)18-7-9-21(24)10-8-18/h3-10,19H,11-14H2,1-2H3,(H,25,26). The number of halogens is 1. The highest BCUT2D eigenvalue weighted by atomic mass is 19.1. The topological polar surface area (TPSA) is 49.0 Å². The Balaban J connectivity index is 1.40. The zero-order valence-electron chi connectivity index (χ0n) is 16.2. The summed E-state index contributed by atoms with van der Waals surface area (Å²) >= 11 is 0. The van der Waals surface area contributed by atoms with Gasteiger partial charge in [0.05, 0.1) is 5.69 Å². The maximum atomic E-state index is 13.1. The van der Waals surface area contributed by atoms with Gasteiger partial charge < -0.3 is 9.88 Å². The SMILES string of the molecule is Cc1nc(C2CCN(C(=O)c3ccc(-c4ccc(F)cc4)cc3)CC2)[nH]c1C. The maximum absolute atomic E-state index is 13.1. The molecule has 1 fully saturated rings. The Labute approximate surface area is 164 Å². The van der Waals surface area contributed by atoms with Gasteiger partial charge in [-0.25, -0.2) is 9.37 Å². The van der Waals surface area contributed by atoms with Crippen molar-refractivity contribution in [2.75, 3.05) is 13.1 Å². The Hall–Kier alpha value is -2.95. The molecule has 2 heterocycles. The number of hydrogen-bond donors (Lipinski definition) is 1. The van der Waals surface area contributed by atoms with Gasteiger partial charge in [-0.3, -0.25) is 4.79 Å². The van der Waals surface area contributed by atoms with Gasteiger partial charge in [0.1, 0.15) is 11.6 Å². The first kappa shape index (κ1) is 18.4. The number of benzene rings is 2. The molecule has 1 N–H and O–H groups in total. The number of nitrogens with zero attached hydrogens (tertiary/aromatic N) is 2. The Morgan fingerprint density at radius 2 is 1.57 bits per heavy atom. The van der Waals surface area contributed by atoms with Crippen molar-refractivity contribution in [3.8, 4) is 11.1 Å². The molecule has 1 amide bonds. The van der Waals surface area contributed by atoms with E-state index in [1.807, 2.05) is 43.0 Å². The predicted octanol–water partition coefficient (Wildman–Crippen LogP) is 4.85. The fourth-order valence-corrected chi connectivity index (χ4v) is 3.75. The van der Waals surface area contributed by atoms with Crippen molar-refractivity contribution >= 4 is 5.91 Å². The van der Waals surface area contributed by atoms with Crippen molar-refractivity contribution in [2.24, 2.45) is 0 Å². The number of imidazole rings is 1. The summed E-state index contributed by atoms with van der Waals surface area (Å²) in [5.41, 5.74) is 4.77. The monoisotopic (exact) mass is 377 g/mol.